The van der Waals surface area contributed by atoms with Crippen molar-refractivity contribution in [1.29, 1.82) is 0 Å². The van der Waals surface area contributed by atoms with Crippen LogP contribution in [0.5, 0.6) is 0 Å². The van der Waals surface area contributed by atoms with Crippen LogP contribution >= 0.6 is 0 Å². The van der Waals surface area contributed by atoms with Crippen molar-refractivity contribution in [2.45, 2.75) is 32.6 Å². The Morgan fingerprint density at radius 2 is 1.62 bits per heavy atom. The van der Waals surface area contributed by atoms with E-state index in [2.05, 4.69) is 15.6 Å². The summed E-state index contributed by atoms with van der Waals surface area (Å²) >= 11 is 0. The zero-order chi connectivity index (χ0) is 22.9. The number of rotatable bonds is 8. The van der Waals surface area contributed by atoms with Gasteiger partial charge in [-0.3, -0.25) is 9.78 Å². The molecule has 3 N–H and O–H groups in total. The second kappa shape index (κ2) is 11.1. The highest BCUT2D eigenvalue weighted by atomic mass is 16.6. The van der Waals surface area contributed by atoms with Crippen LogP contribution in [0.1, 0.15) is 41.6 Å². The van der Waals surface area contributed by atoms with Gasteiger partial charge in [-0.25, -0.2) is 4.79 Å². The number of carbonyl (C=O) groups is 2. The number of amides is 2. The highest BCUT2D eigenvalue weighted by Crippen LogP contribution is 2.26. The molecule has 0 bridgehead atoms. The summed E-state index contributed by atoms with van der Waals surface area (Å²) in [5.74, 6) is -0.375. The van der Waals surface area contributed by atoms with Crippen molar-refractivity contribution in [3.8, 4) is 11.1 Å². The van der Waals surface area contributed by atoms with Gasteiger partial charge in [-0.15, -0.1) is 0 Å². The van der Waals surface area contributed by atoms with Crippen molar-refractivity contribution in [1.82, 2.24) is 15.6 Å². The maximum absolute atomic E-state index is 12.6. The number of nitrogens with zero attached hydrogens (tertiary/aromatic N) is 1. The molecule has 0 radical (unpaired) electrons. The molecule has 3 rings (SSSR count). The third-order valence-corrected chi connectivity index (χ3v) is 4.86. The molecule has 0 saturated heterocycles. The number of aliphatic hydroxyl groups excluding tert-OH is 1. The second-order valence-corrected chi connectivity index (χ2v) is 7.43. The average molecular weight is 434 g/mol. The van der Waals surface area contributed by atoms with Gasteiger partial charge in [-0.05, 0) is 36.6 Å². The molecule has 3 aromatic rings. The molecule has 0 saturated carbocycles. The summed E-state index contributed by atoms with van der Waals surface area (Å²) in [6.45, 7) is 3.76. The first-order chi connectivity index (χ1) is 15.5. The van der Waals surface area contributed by atoms with E-state index in [1.54, 1.807) is 25.3 Å². The number of alkyl carbamates (subject to hydrolysis) is 1. The standard InChI is InChI=1S/C25H27N3O4/c1-17(29)15-27-24(30)23-22(13-8-14-26-23)21-12-7-6-11-20(21)16-28-25(31)32-18(2)19-9-4-3-5-10-19/h3-14,17-18,29H,15-16H2,1-2H3,(H,27,30)(H,28,31)/t17-,18-/m0/s1. The topological polar surface area (TPSA) is 101 Å². The van der Waals surface area contributed by atoms with Crippen LogP contribution in [0.3, 0.4) is 0 Å². The molecular formula is C25H27N3O4. The molecule has 0 spiro atoms. The van der Waals surface area contributed by atoms with Gasteiger partial charge in [0, 0.05) is 24.8 Å². The molecule has 2 atom stereocenters. The summed E-state index contributed by atoms with van der Waals surface area (Å²) in [4.78, 5) is 29.2. The van der Waals surface area contributed by atoms with Crippen LogP contribution in [0.4, 0.5) is 4.79 Å². The lowest BCUT2D eigenvalue weighted by atomic mass is 9.98. The van der Waals surface area contributed by atoms with E-state index in [1.807, 2.05) is 61.5 Å². The molecule has 0 fully saturated rings. The summed E-state index contributed by atoms with van der Waals surface area (Å²) in [6.07, 6.45) is -0.0256. The Morgan fingerprint density at radius 1 is 0.938 bits per heavy atom. The lowest BCUT2D eigenvalue weighted by molar-refractivity contribution is 0.0919. The quantitative estimate of drug-likeness (QED) is 0.501. The van der Waals surface area contributed by atoms with Crippen LogP contribution in [0.25, 0.3) is 11.1 Å². The van der Waals surface area contributed by atoms with E-state index in [9.17, 15) is 14.7 Å². The van der Waals surface area contributed by atoms with Crippen LogP contribution in [0, 0.1) is 0 Å². The largest absolute Gasteiger partial charge is 0.442 e. The van der Waals surface area contributed by atoms with Gasteiger partial charge in [0.05, 0.1) is 6.10 Å². The Hall–Kier alpha value is -3.71. The van der Waals surface area contributed by atoms with E-state index in [0.717, 1.165) is 16.7 Å². The fourth-order valence-corrected chi connectivity index (χ4v) is 3.23. The van der Waals surface area contributed by atoms with E-state index in [4.69, 9.17) is 4.74 Å². The van der Waals surface area contributed by atoms with Gasteiger partial charge in [0.1, 0.15) is 11.8 Å². The maximum Gasteiger partial charge on any atom is 0.408 e. The monoisotopic (exact) mass is 433 g/mol. The number of aliphatic hydroxyl groups is 1. The van der Waals surface area contributed by atoms with E-state index in [-0.39, 0.29) is 30.8 Å². The molecule has 2 aromatic carbocycles. The van der Waals surface area contributed by atoms with E-state index in [0.29, 0.717) is 5.56 Å². The molecule has 2 amide bonds. The molecule has 0 unspecified atom stereocenters. The number of benzene rings is 2. The maximum atomic E-state index is 12.6. The first-order valence-corrected chi connectivity index (χ1v) is 10.4. The van der Waals surface area contributed by atoms with Crippen molar-refractivity contribution in [2.75, 3.05) is 6.54 Å². The number of nitrogens with one attached hydrogen (secondary N) is 2. The third kappa shape index (κ3) is 6.15. The molecule has 0 aliphatic heterocycles. The lowest BCUT2D eigenvalue weighted by Crippen LogP contribution is -2.31. The highest BCUT2D eigenvalue weighted by Gasteiger charge is 2.17. The predicted octanol–water partition coefficient (Wildman–Crippen LogP) is 3.85. The SMILES string of the molecule is C[C@H](O)CNC(=O)c1ncccc1-c1ccccc1CNC(=O)O[C@@H](C)c1ccccc1. The summed E-state index contributed by atoms with van der Waals surface area (Å²) in [5.41, 5.74) is 3.39. The zero-order valence-electron chi connectivity index (χ0n) is 18.1. The fourth-order valence-electron chi connectivity index (χ4n) is 3.23. The van der Waals surface area contributed by atoms with E-state index < -0.39 is 12.2 Å². The van der Waals surface area contributed by atoms with Gasteiger partial charge in [0.2, 0.25) is 0 Å². The Kier molecular flexibility index (Phi) is 7.94. The van der Waals surface area contributed by atoms with Gasteiger partial charge in [0.15, 0.2) is 0 Å². The van der Waals surface area contributed by atoms with Crippen LogP contribution in [0.2, 0.25) is 0 Å². The highest BCUT2D eigenvalue weighted by molar-refractivity contribution is 5.99. The molecular weight excluding hydrogens is 406 g/mol. The summed E-state index contributed by atoms with van der Waals surface area (Å²) in [6, 6.07) is 20.5. The molecule has 1 heterocycles. The van der Waals surface area contributed by atoms with Gasteiger partial charge >= 0.3 is 6.09 Å². The third-order valence-electron chi connectivity index (χ3n) is 4.86. The minimum atomic E-state index is -0.660. The van der Waals surface area contributed by atoms with Crippen molar-refractivity contribution in [3.05, 3.63) is 89.7 Å². The lowest BCUT2D eigenvalue weighted by Gasteiger charge is -2.16. The normalized spacial score (nSPS) is 12.5. The second-order valence-electron chi connectivity index (χ2n) is 7.43. The van der Waals surface area contributed by atoms with Gasteiger partial charge in [0.25, 0.3) is 5.91 Å². The van der Waals surface area contributed by atoms with E-state index >= 15 is 0 Å². The predicted molar refractivity (Wildman–Crippen MR) is 122 cm³/mol. The number of pyridine rings is 1. The van der Waals surface area contributed by atoms with Crippen LogP contribution in [-0.2, 0) is 11.3 Å². The van der Waals surface area contributed by atoms with Crippen molar-refractivity contribution < 1.29 is 19.4 Å². The van der Waals surface area contributed by atoms with E-state index in [1.165, 1.54) is 0 Å². The number of carbonyl (C=O) groups excluding carboxylic acids is 2. The Labute approximate surface area is 187 Å². The van der Waals surface area contributed by atoms with Crippen LogP contribution in [0.15, 0.2) is 72.9 Å². The molecule has 7 heteroatoms. The van der Waals surface area contributed by atoms with Crippen LogP contribution < -0.4 is 10.6 Å². The number of ether oxygens (including phenoxy) is 1. The summed E-state index contributed by atoms with van der Waals surface area (Å²) < 4.78 is 5.47. The molecule has 0 aliphatic carbocycles. The zero-order valence-corrected chi connectivity index (χ0v) is 18.1. The molecule has 1 aromatic heterocycles. The minimum absolute atomic E-state index is 0.128. The average Bonchev–Trinajstić information content (AvgIpc) is 2.82. The first kappa shape index (κ1) is 23.0. The Balaban J connectivity index is 1.73. The molecule has 32 heavy (non-hydrogen) atoms. The molecule has 0 aliphatic rings. The Bertz CT molecular complexity index is 1050. The van der Waals surface area contributed by atoms with Crippen molar-refractivity contribution in [3.63, 3.8) is 0 Å². The fraction of sp³-hybridized carbons (Fsp3) is 0.240. The van der Waals surface area contributed by atoms with Crippen molar-refractivity contribution >= 4 is 12.0 Å². The Morgan fingerprint density at radius 3 is 2.38 bits per heavy atom. The molecule has 166 valence electrons. The number of aromatic nitrogens is 1. The number of hydrogen-bond donors (Lipinski definition) is 3. The number of hydrogen-bond acceptors (Lipinski definition) is 5. The van der Waals surface area contributed by atoms with Gasteiger partial charge in [-0.1, -0.05) is 60.7 Å². The first-order valence-electron chi connectivity index (χ1n) is 10.4. The summed E-state index contributed by atoms with van der Waals surface area (Å²) in [5, 5.41) is 14.9. The van der Waals surface area contributed by atoms with Gasteiger partial charge < -0.3 is 20.5 Å². The smallest absolute Gasteiger partial charge is 0.408 e. The van der Waals surface area contributed by atoms with Crippen LogP contribution in [-0.4, -0.2) is 34.7 Å². The molecule has 7 nitrogen and oxygen atoms in total. The van der Waals surface area contributed by atoms with Gasteiger partial charge in [-0.2, -0.15) is 0 Å². The minimum Gasteiger partial charge on any atom is -0.442 e. The summed E-state index contributed by atoms with van der Waals surface area (Å²) in [7, 11) is 0. The van der Waals surface area contributed by atoms with Crippen molar-refractivity contribution in [2.24, 2.45) is 0 Å².